The molecule has 9 aromatic carbocycles. The molecule has 0 radical (unpaired) electrons. The van der Waals surface area contributed by atoms with Crippen LogP contribution in [-0.4, -0.2) is 4.57 Å². The highest BCUT2D eigenvalue weighted by molar-refractivity contribution is 6.27. The molecule has 1 unspecified atom stereocenters. The minimum Gasteiger partial charge on any atom is -0.456 e. The molecule has 0 bridgehead atoms. The van der Waals surface area contributed by atoms with Crippen molar-refractivity contribution in [1.82, 2.24) is 4.57 Å². The van der Waals surface area contributed by atoms with E-state index in [4.69, 9.17) is 4.42 Å². The van der Waals surface area contributed by atoms with Crippen LogP contribution in [-0.2, 0) is 0 Å². The average Bonchev–Trinajstić information content (AvgIpc) is 3.91. The summed E-state index contributed by atoms with van der Waals surface area (Å²) >= 11 is 0. The van der Waals surface area contributed by atoms with Crippen molar-refractivity contribution in [3.05, 3.63) is 211 Å². The second kappa shape index (κ2) is 11.7. The molecule has 2 nitrogen and oxygen atoms in total. The fourth-order valence-corrected chi connectivity index (χ4v) is 9.37. The van der Waals surface area contributed by atoms with Crippen molar-refractivity contribution in [2.75, 3.05) is 0 Å². The lowest BCUT2D eigenvalue weighted by Crippen LogP contribution is -1.99. The average molecular weight is 700 g/mol. The molecule has 1 aliphatic rings. The molecule has 2 heteroatoms. The van der Waals surface area contributed by atoms with Gasteiger partial charge in [0.15, 0.2) is 0 Å². The molecule has 0 aliphatic heterocycles. The molecule has 2 aromatic heterocycles. The minimum atomic E-state index is 0.194. The van der Waals surface area contributed by atoms with Crippen molar-refractivity contribution >= 4 is 54.5 Å². The topological polar surface area (TPSA) is 18.1 Å². The molecular formula is C53H33NO. The minimum absolute atomic E-state index is 0.194. The number of hydrogen-bond donors (Lipinski definition) is 0. The monoisotopic (exact) mass is 699 g/mol. The number of furan rings is 1. The zero-order chi connectivity index (χ0) is 36.0. The molecular weight excluding hydrogens is 667 g/mol. The largest absolute Gasteiger partial charge is 0.456 e. The predicted octanol–water partition coefficient (Wildman–Crippen LogP) is 14.3. The van der Waals surface area contributed by atoms with Crippen LogP contribution >= 0.6 is 0 Å². The van der Waals surface area contributed by atoms with Gasteiger partial charge >= 0.3 is 0 Å². The maximum absolute atomic E-state index is 6.46. The first-order chi connectivity index (χ1) is 27.3. The van der Waals surface area contributed by atoms with Gasteiger partial charge in [-0.15, -0.1) is 0 Å². The first kappa shape index (κ1) is 30.3. The number of aromatic nitrogens is 1. The Bertz CT molecular complexity index is 3330. The van der Waals surface area contributed by atoms with E-state index in [9.17, 15) is 0 Å². The standard InChI is InChI=1S/C53H33NO/c1-2-11-33(12-3-1)36-15-10-16-40(30-36)54-47-26-24-38(32-46(47)52-48(54)27-28-50-53(52)44-19-8-9-20-49(44)55-50)37-23-25-43-45(31-37)41-17-6-7-18-42(41)51(43)39-22-21-34-13-4-5-14-35(34)29-39/h1-32,51H. The summed E-state index contributed by atoms with van der Waals surface area (Å²) in [7, 11) is 0. The van der Waals surface area contributed by atoms with Gasteiger partial charge in [-0.05, 0) is 109 Å². The van der Waals surface area contributed by atoms with Crippen LogP contribution in [0.4, 0.5) is 0 Å². The zero-order valence-electron chi connectivity index (χ0n) is 29.9. The smallest absolute Gasteiger partial charge is 0.136 e. The van der Waals surface area contributed by atoms with E-state index in [2.05, 4.69) is 199 Å². The van der Waals surface area contributed by atoms with Crippen molar-refractivity contribution in [1.29, 1.82) is 0 Å². The number of para-hydroxylation sites is 1. The molecule has 55 heavy (non-hydrogen) atoms. The molecule has 2 heterocycles. The Kier molecular flexibility index (Phi) is 6.43. The van der Waals surface area contributed by atoms with Gasteiger partial charge in [0, 0.05) is 33.2 Å². The van der Waals surface area contributed by atoms with Gasteiger partial charge in [0.25, 0.3) is 0 Å². The summed E-state index contributed by atoms with van der Waals surface area (Å²) in [5.74, 6) is 0.194. The Labute approximate surface area is 318 Å². The van der Waals surface area contributed by atoms with Gasteiger partial charge in [-0.1, -0.05) is 146 Å². The van der Waals surface area contributed by atoms with Gasteiger partial charge in [-0.3, -0.25) is 0 Å². The second-order valence-electron chi connectivity index (χ2n) is 14.8. The van der Waals surface area contributed by atoms with Crippen molar-refractivity contribution in [3.63, 3.8) is 0 Å². The Balaban J connectivity index is 1.07. The van der Waals surface area contributed by atoms with Crippen LogP contribution in [0.3, 0.4) is 0 Å². The highest BCUT2D eigenvalue weighted by atomic mass is 16.3. The number of rotatable bonds is 4. The third-order valence-electron chi connectivity index (χ3n) is 11.8. The molecule has 12 rings (SSSR count). The van der Waals surface area contributed by atoms with Crippen molar-refractivity contribution < 1.29 is 4.42 Å². The number of nitrogens with zero attached hydrogens (tertiary/aromatic N) is 1. The third kappa shape index (κ3) is 4.55. The van der Waals surface area contributed by atoms with E-state index < -0.39 is 0 Å². The van der Waals surface area contributed by atoms with Crippen molar-refractivity contribution in [3.8, 4) is 39.1 Å². The van der Waals surface area contributed by atoms with E-state index in [1.807, 2.05) is 0 Å². The molecule has 1 aliphatic carbocycles. The Hall–Kier alpha value is -7.16. The summed E-state index contributed by atoms with van der Waals surface area (Å²) < 4.78 is 8.89. The van der Waals surface area contributed by atoms with Gasteiger partial charge in [0.05, 0.1) is 11.0 Å². The lowest BCUT2D eigenvalue weighted by Gasteiger charge is -2.16. The molecule has 0 fully saturated rings. The van der Waals surface area contributed by atoms with Crippen molar-refractivity contribution in [2.45, 2.75) is 5.92 Å². The fraction of sp³-hybridized carbons (Fsp3) is 0.0189. The first-order valence-corrected chi connectivity index (χ1v) is 19.0. The van der Waals surface area contributed by atoms with E-state index in [0.717, 1.165) is 33.1 Å². The summed E-state index contributed by atoms with van der Waals surface area (Å²) in [6.45, 7) is 0. The first-order valence-electron chi connectivity index (χ1n) is 19.0. The molecule has 0 N–H and O–H groups in total. The Morgan fingerprint density at radius 3 is 2.05 bits per heavy atom. The summed E-state index contributed by atoms with van der Waals surface area (Å²) in [5.41, 5.74) is 16.8. The quantitative estimate of drug-likeness (QED) is 0.179. The molecule has 1 atom stereocenters. The highest BCUT2D eigenvalue weighted by Gasteiger charge is 2.30. The lowest BCUT2D eigenvalue weighted by atomic mass is 9.87. The van der Waals surface area contributed by atoms with Crippen molar-refractivity contribution in [2.24, 2.45) is 0 Å². The zero-order valence-corrected chi connectivity index (χ0v) is 29.9. The predicted molar refractivity (Wildman–Crippen MR) is 229 cm³/mol. The molecule has 0 saturated carbocycles. The fourth-order valence-electron chi connectivity index (χ4n) is 9.37. The molecule has 0 amide bonds. The maximum Gasteiger partial charge on any atom is 0.136 e. The number of fused-ring (bicyclic) bond motifs is 11. The highest BCUT2D eigenvalue weighted by Crippen LogP contribution is 2.50. The van der Waals surface area contributed by atoms with Crippen LogP contribution in [0.15, 0.2) is 199 Å². The van der Waals surface area contributed by atoms with Crippen LogP contribution in [0.1, 0.15) is 22.6 Å². The van der Waals surface area contributed by atoms with Gasteiger partial charge in [-0.25, -0.2) is 0 Å². The SMILES string of the molecule is c1ccc(-c2cccc(-n3c4ccc(-c5ccc6c(c5)-c5ccccc5C6c5ccc6ccccc6c5)cc4c4c5c(ccc43)oc3ccccc35)c2)cc1. The van der Waals surface area contributed by atoms with E-state index in [1.54, 1.807) is 0 Å². The van der Waals surface area contributed by atoms with Gasteiger partial charge in [0.2, 0.25) is 0 Å². The summed E-state index contributed by atoms with van der Waals surface area (Å²) in [5, 5.41) is 7.28. The van der Waals surface area contributed by atoms with Crippen LogP contribution in [0.25, 0.3) is 93.6 Å². The van der Waals surface area contributed by atoms with E-state index in [0.29, 0.717) is 0 Å². The second-order valence-corrected chi connectivity index (χ2v) is 14.8. The van der Waals surface area contributed by atoms with E-state index in [1.165, 1.54) is 77.1 Å². The van der Waals surface area contributed by atoms with E-state index >= 15 is 0 Å². The molecule has 0 saturated heterocycles. The molecule has 256 valence electrons. The van der Waals surface area contributed by atoms with Crippen LogP contribution in [0.2, 0.25) is 0 Å². The van der Waals surface area contributed by atoms with Gasteiger partial charge < -0.3 is 8.98 Å². The van der Waals surface area contributed by atoms with Crippen LogP contribution in [0, 0.1) is 0 Å². The Morgan fingerprint density at radius 2 is 1.11 bits per heavy atom. The summed E-state index contributed by atoms with van der Waals surface area (Å²) in [6.07, 6.45) is 0. The van der Waals surface area contributed by atoms with Crippen LogP contribution in [0.5, 0.6) is 0 Å². The maximum atomic E-state index is 6.46. The normalized spacial score (nSPS) is 13.6. The molecule has 11 aromatic rings. The van der Waals surface area contributed by atoms with Gasteiger partial charge in [-0.2, -0.15) is 0 Å². The number of hydrogen-bond acceptors (Lipinski definition) is 1. The van der Waals surface area contributed by atoms with Crippen LogP contribution < -0.4 is 0 Å². The van der Waals surface area contributed by atoms with Gasteiger partial charge in [0.1, 0.15) is 11.2 Å². The summed E-state index contributed by atoms with van der Waals surface area (Å²) in [6, 6.07) is 71.0. The third-order valence-corrected chi connectivity index (χ3v) is 11.8. The Morgan fingerprint density at radius 1 is 0.382 bits per heavy atom. The van der Waals surface area contributed by atoms with E-state index in [-0.39, 0.29) is 5.92 Å². The lowest BCUT2D eigenvalue weighted by molar-refractivity contribution is 0.669. The number of benzene rings is 9. The molecule has 0 spiro atoms. The summed E-state index contributed by atoms with van der Waals surface area (Å²) in [4.78, 5) is 0.